The zero-order valence-electron chi connectivity index (χ0n) is 13.5. The SMILES string of the molecule is Cc1ccc(NS(=O)(=O)c2ccc(-c3nnc(C(C)C)o3)o2)cc1. The molecule has 0 saturated heterocycles. The van der Waals surface area contributed by atoms with Crippen LogP contribution < -0.4 is 4.72 Å². The molecule has 0 saturated carbocycles. The highest BCUT2D eigenvalue weighted by molar-refractivity contribution is 7.92. The zero-order valence-corrected chi connectivity index (χ0v) is 14.3. The maximum Gasteiger partial charge on any atom is 0.295 e. The maximum absolute atomic E-state index is 12.4. The van der Waals surface area contributed by atoms with Crippen molar-refractivity contribution in [1.82, 2.24) is 10.2 Å². The minimum atomic E-state index is -3.83. The van der Waals surface area contributed by atoms with Crippen LogP contribution in [0.3, 0.4) is 0 Å². The second-order valence-corrected chi connectivity index (χ2v) is 7.30. The first-order valence-electron chi connectivity index (χ1n) is 7.38. The summed E-state index contributed by atoms with van der Waals surface area (Å²) in [7, 11) is -3.83. The summed E-state index contributed by atoms with van der Waals surface area (Å²) < 4.78 is 38.0. The van der Waals surface area contributed by atoms with Crippen molar-refractivity contribution in [2.45, 2.75) is 31.8 Å². The summed E-state index contributed by atoms with van der Waals surface area (Å²) in [6.07, 6.45) is 0. The van der Waals surface area contributed by atoms with Crippen molar-refractivity contribution >= 4 is 15.7 Å². The van der Waals surface area contributed by atoms with Gasteiger partial charge in [0.2, 0.25) is 11.0 Å². The molecule has 3 rings (SSSR count). The molecule has 1 aromatic carbocycles. The average molecular weight is 347 g/mol. The lowest BCUT2D eigenvalue weighted by Gasteiger charge is -2.05. The van der Waals surface area contributed by atoms with Crippen molar-refractivity contribution in [3.63, 3.8) is 0 Å². The molecule has 7 nitrogen and oxygen atoms in total. The van der Waals surface area contributed by atoms with E-state index >= 15 is 0 Å². The van der Waals surface area contributed by atoms with Crippen LogP contribution >= 0.6 is 0 Å². The van der Waals surface area contributed by atoms with Crippen LogP contribution in [0.2, 0.25) is 0 Å². The van der Waals surface area contributed by atoms with Crippen molar-refractivity contribution in [2.75, 3.05) is 4.72 Å². The molecule has 0 aliphatic rings. The fourth-order valence-electron chi connectivity index (χ4n) is 1.97. The molecule has 126 valence electrons. The van der Waals surface area contributed by atoms with Crippen molar-refractivity contribution in [1.29, 1.82) is 0 Å². The average Bonchev–Trinajstić information content (AvgIpc) is 3.18. The van der Waals surface area contributed by atoms with Crippen LogP contribution in [-0.2, 0) is 10.0 Å². The van der Waals surface area contributed by atoms with E-state index in [1.165, 1.54) is 12.1 Å². The Bertz CT molecular complexity index is 940. The summed E-state index contributed by atoms with van der Waals surface area (Å²) in [5, 5.41) is 7.55. The van der Waals surface area contributed by atoms with Crippen molar-refractivity contribution < 1.29 is 17.3 Å². The van der Waals surface area contributed by atoms with Gasteiger partial charge in [0.05, 0.1) is 0 Å². The third-order valence-corrected chi connectivity index (χ3v) is 4.55. The van der Waals surface area contributed by atoms with Crippen molar-refractivity contribution in [3.8, 4) is 11.7 Å². The van der Waals surface area contributed by atoms with Gasteiger partial charge in [-0.3, -0.25) is 4.72 Å². The molecule has 0 aliphatic carbocycles. The molecule has 2 heterocycles. The maximum atomic E-state index is 12.4. The van der Waals surface area contributed by atoms with E-state index in [1.807, 2.05) is 32.9 Å². The van der Waals surface area contributed by atoms with E-state index < -0.39 is 10.0 Å². The molecule has 0 radical (unpaired) electrons. The van der Waals surface area contributed by atoms with Gasteiger partial charge in [-0.2, -0.15) is 8.42 Å². The standard InChI is InChI=1S/C16H17N3O4S/c1-10(2)15-17-18-16(23-15)13-8-9-14(22-13)24(20,21)19-12-6-4-11(3)5-7-12/h4-10,19H,1-3H3. The van der Waals surface area contributed by atoms with Gasteiger partial charge in [0, 0.05) is 11.6 Å². The van der Waals surface area contributed by atoms with Crippen LogP contribution in [0.1, 0.15) is 31.2 Å². The molecule has 0 amide bonds. The third kappa shape index (κ3) is 3.33. The smallest absolute Gasteiger partial charge is 0.295 e. The Hall–Kier alpha value is -2.61. The number of sulfonamides is 1. The summed E-state index contributed by atoms with van der Waals surface area (Å²) in [6, 6.07) is 9.84. The lowest BCUT2D eigenvalue weighted by molar-refractivity contribution is 0.429. The highest BCUT2D eigenvalue weighted by Gasteiger charge is 2.22. The Morgan fingerprint density at radius 2 is 1.71 bits per heavy atom. The second kappa shape index (κ2) is 6.12. The van der Waals surface area contributed by atoms with Crippen LogP contribution in [0.5, 0.6) is 0 Å². The fourth-order valence-corrected chi connectivity index (χ4v) is 2.97. The Morgan fingerprint density at radius 3 is 2.33 bits per heavy atom. The summed E-state index contributed by atoms with van der Waals surface area (Å²) in [5.74, 6) is 0.894. The molecule has 24 heavy (non-hydrogen) atoms. The summed E-state index contributed by atoms with van der Waals surface area (Å²) >= 11 is 0. The molecule has 0 atom stereocenters. The van der Waals surface area contributed by atoms with Gasteiger partial charge in [0.1, 0.15) is 0 Å². The van der Waals surface area contributed by atoms with Gasteiger partial charge >= 0.3 is 0 Å². The number of aryl methyl sites for hydroxylation is 1. The van der Waals surface area contributed by atoms with Gasteiger partial charge in [0.25, 0.3) is 15.9 Å². The second-order valence-electron chi connectivity index (χ2n) is 5.69. The molecule has 0 aliphatic heterocycles. The summed E-state index contributed by atoms with van der Waals surface area (Å²) in [6.45, 7) is 5.76. The summed E-state index contributed by atoms with van der Waals surface area (Å²) in [5.41, 5.74) is 1.49. The first kappa shape index (κ1) is 16.3. The predicted molar refractivity (Wildman–Crippen MR) is 88.1 cm³/mol. The van der Waals surface area contributed by atoms with Crippen LogP contribution in [0.15, 0.2) is 50.3 Å². The molecule has 1 N–H and O–H groups in total. The zero-order chi connectivity index (χ0) is 17.3. The van der Waals surface area contributed by atoms with Gasteiger partial charge in [-0.25, -0.2) is 0 Å². The van der Waals surface area contributed by atoms with Gasteiger partial charge in [-0.15, -0.1) is 10.2 Å². The number of benzene rings is 1. The largest absolute Gasteiger partial charge is 0.438 e. The fraction of sp³-hybridized carbons (Fsp3) is 0.250. The summed E-state index contributed by atoms with van der Waals surface area (Å²) in [4.78, 5) is 0. The Morgan fingerprint density at radius 1 is 1.00 bits per heavy atom. The third-order valence-electron chi connectivity index (χ3n) is 3.30. The molecule has 0 unspecified atom stereocenters. The Labute approximate surface area is 139 Å². The number of nitrogens with zero attached hydrogens (tertiary/aromatic N) is 2. The van der Waals surface area contributed by atoms with E-state index in [-0.39, 0.29) is 22.7 Å². The minimum absolute atomic E-state index is 0.0765. The monoisotopic (exact) mass is 347 g/mol. The molecule has 3 aromatic rings. The lowest BCUT2D eigenvalue weighted by atomic mass is 10.2. The van der Waals surface area contributed by atoms with E-state index in [2.05, 4.69) is 14.9 Å². The highest BCUT2D eigenvalue weighted by atomic mass is 32.2. The number of anilines is 1. The van der Waals surface area contributed by atoms with E-state index in [1.54, 1.807) is 12.1 Å². The number of rotatable bonds is 5. The van der Waals surface area contributed by atoms with Crippen LogP contribution in [0.25, 0.3) is 11.7 Å². The first-order chi connectivity index (χ1) is 11.3. The molecule has 2 aromatic heterocycles. The molecule has 0 bridgehead atoms. The number of hydrogen-bond acceptors (Lipinski definition) is 6. The van der Waals surface area contributed by atoms with E-state index in [0.717, 1.165) is 5.56 Å². The van der Waals surface area contributed by atoms with Crippen molar-refractivity contribution in [2.24, 2.45) is 0 Å². The molecular formula is C16H17N3O4S. The highest BCUT2D eigenvalue weighted by Crippen LogP contribution is 2.26. The Kier molecular flexibility index (Phi) is 4.15. The predicted octanol–water partition coefficient (Wildman–Crippen LogP) is 3.56. The number of aromatic nitrogens is 2. The lowest BCUT2D eigenvalue weighted by Crippen LogP contribution is -2.11. The topological polar surface area (TPSA) is 98.2 Å². The van der Waals surface area contributed by atoms with Gasteiger partial charge < -0.3 is 8.83 Å². The number of nitrogens with one attached hydrogen (secondary N) is 1. The normalized spacial score (nSPS) is 11.8. The van der Waals surface area contributed by atoms with Crippen LogP contribution in [0, 0.1) is 6.92 Å². The quantitative estimate of drug-likeness (QED) is 0.758. The number of hydrogen-bond donors (Lipinski definition) is 1. The Balaban J connectivity index is 1.84. The van der Waals surface area contributed by atoms with Crippen LogP contribution in [0.4, 0.5) is 5.69 Å². The minimum Gasteiger partial charge on any atom is -0.438 e. The van der Waals surface area contributed by atoms with E-state index in [0.29, 0.717) is 11.6 Å². The number of furan rings is 1. The van der Waals surface area contributed by atoms with Gasteiger partial charge in [-0.1, -0.05) is 31.5 Å². The van der Waals surface area contributed by atoms with Crippen molar-refractivity contribution in [3.05, 3.63) is 47.9 Å². The van der Waals surface area contributed by atoms with E-state index in [4.69, 9.17) is 8.83 Å². The molecule has 0 fully saturated rings. The molecule has 8 heteroatoms. The molecular weight excluding hydrogens is 330 g/mol. The molecule has 0 spiro atoms. The van der Waals surface area contributed by atoms with Crippen LogP contribution in [-0.4, -0.2) is 18.6 Å². The van der Waals surface area contributed by atoms with Gasteiger partial charge in [-0.05, 0) is 31.2 Å². The van der Waals surface area contributed by atoms with E-state index in [9.17, 15) is 8.42 Å². The first-order valence-corrected chi connectivity index (χ1v) is 8.86. The van der Waals surface area contributed by atoms with Gasteiger partial charge in [0.15, 0.2) is 5.76 Å².